The Labute approximate surface area is 194 Å². The van der Waals surface area contributed by atoms with E-state index in [1.54, 1.807) is 17.7 Å². The molecule has 1 aromatic carbocycles. The molecule has 0 N–H and O–H groups in total. The summed E-state index contributed by atoms with van der Waals surface area (Å²) < 4.78 is 1.82. The Bertz CT molecular complexity index is 1330. The number of fused-ring (bicyclic) bond motifs is 4. The molecule has 0 amide bonds. The van der Waals surface area contributed by atoms with Gasteiger partial charge in [0, 0.05) is 61.5 Å². The van der Waals surface area contributed by atoms with Crippen molar-refractivity contribution in [1.29, 1.82) is 0 Å². The summed E-state index contributed by atoms with van der Waals surface area (Å²) in [6.45, 7) is 5.40. The summed E-state index contributed by atoms with van der Waals surface area (Å²) in [6, 6.07) is 10.5. The first kappa shape index (κ1) is 20.2. The summed E-state index contributed by atoms with van der Waals surface area (Å²) in [7, 11) is 0. The van der Waals surface area contributed by atoms with Crippen LogP contribution in [0.15, 0.2) is 47.7 Å². The lowest BCUT2D eigenvalue weighted by Gasteiger charge is -2.35. The van der Waals surface area contributed by atoms with Gasteiger partial charge in [0.1, 0.15) is 10.6 Å². The molecular weight excluding hydrogens is 438 g/mol. The minimum Gasteiger partial charge on any atom is -0.354 e. The molecule has 0 atom stereocenters. The van der Waals surface area contributed by atoms with E-state index in [9.17, 15) is 4.79 Å². The van der Waals surface area contributed by atoms with Gasteiger partial charge >= 0.3 is 0 Å². The van der Waals surface area contributed by atoms with Gasteiger partial charge in [-0.05, 0) is 29.2 Å². The van der Waals surface area contributed by atoms with Crippen LogP contribution in [0.3, 0.4) is 0 Å². The molecule has 2 aliphatic rings. The maximum absolute atomic E-state index is 13.2. The lowest BCUT2D eigenvalue weighted by molar-refractivity contribution is 0.246. The van der Waals surface area contributed by atoms with Crippen molar-refractivity contribution >= 4 is 49.9 Å². The van der Waals surface area contributed by atoms with Crippen LogP contribution in [0.25, 0.3) is 21.0 Å². The highest BCUT2D eigenvalue weighted by Crippen LogP contribution is 2.35. The van der Waals surface area contributed by atoms with Gasteiger partial charge in [-0.1, -0.05) is 24.3 Å². The third kappa shape index (κ3) is 3.60. The van der Waals surface area contributed by atoms with E-state index >= 15 is 0 Å². The molecule has 5 heterocycles. The molecule has 8 heteroatoms. The van der Waals surface area contributed by atoms with Gasteiger partial charge in [0.2, 0.25) is 0 Å². The summed E-state index contributed by atoms with van der Waals surface area (Å²) in [4.78, 5) is 29.6. The van der Waals surface area contributed by atoms with Crippen molar-refractivity contribution in [3.63, 3.8) is 0 Å². The second-order valence-corrected chi connectivity index (χ2v) is 10.6. The van der Waals surface area contributed by atoms with Crippen LogP contribution in [0.5, 0.6) is 0 Å². The molecule has 2 aliphatic heterocycles. The Morgan fingerprint density at radius 3 is 2.78 bits per heavy atom. The maximum atomic E-state index is 13.2. The highest BCUT2D eigenvalue weighted by atomic mass is 32.2. The number of rotatable bonds is 4. The molecule has 164 valence electrons. The minimum absolute atomic E-state index is 0.137. The number of thiophene rings is 1. The van der Waals surface area contributed by atoms with Crippen molar-refractivity contribution in [3.8, 4) is 0 Å². The first-order valence-electron chi connectivity index (χ1n) is 11.2. The Kier molecular flexibility index (Phi) is 5.37. The molecule has 6 nitrogen and oxygen atoms in total. The average Bonchev–Trinajstić information content (AvgIpc) is 3.23. The standard InChI is InChI=1S/C24H25N5OS2/c30-24-21-19-6-14-31-15-20(19)32-23(21)26-16-29(24)13-10-27-8-11-28(12-9-27)22-18-4-2-1-3-17(18)5-7-25-22/h1-5,7,16H,6,8-15H2. The summed E-state index contributed by atoms with van der Waals surface area (Å²) in [6.07, 6.45) is 4.64. The number of nitrogens with zero attached hydrogens (tertiary/aromatic N) is 5. The van der Waals surface area contributed by atoms with Crippen LogP contribution in [0.2, 0.25) is 0 Å². The van der Waals surface area contributed by atoms with Crippen LogP contribution in [-0.2, 0) is 18.7 Å². The molecule has 1 saturated heterocycles. The molecule has 0 unspecified atom stereocenters. The van der Waals surface area contributed by atoms with Crippen molar-refractivity contribution in [2.45, 2.75) is 18.7 Å². The van der Waals surface area contributed by atoms with Gasteiger partial charge in [0.05, 0.1) is 11.7 Å². The molecule has 4 aromatic rings. The van der Waals surface area contributed by atoms with E-state index in [2.05, 4.69) is 50.1 Å². The summed E-state index contributed by atoms with van der Waals surface area (Å²) in [5.74, 6) is 3.20. The largest absolute Gasteiger partial charge is 0.354 e. The molecule has 0 aliphatic carbocycles. The smallest absolute Gasteiger partial charge is 0.262 e. The second-order valence-electron chi connectivity index (χ2n) is 8.41. The van der Waals surface area contributed by atoms with Gasteiger partial charge < -0.3 is 4.90 Å². The molecule has 0 spiro atoms. The van der Waals surface area contributed by atoms with Crippen molar-refractivity contribution in [1.82, 2.24) is 19.4 Å². The highest BCUT2D eigenvalue weighted by molar-refractivity contribution is 7.98. The quantitative estimate of drug-likeness (QED) is 0.461. The zero-order valence-corrected chi connectivity index (χ0v) is 19.5. The second kappa shape index (κ2) is 8.50. The third-order valence-corrected chi connectivity index (χ3v) is 8.88. The van der Waals surface area contributed by atoms with Crippen molar-refractivity contribution < 1.29 is 0 Å². The van der Waals surface area contributed by atoms with E-state index in [1.165, 1.54) is 21.2 Å². The number of thioether (sulfide) groups is 1. The number of piperazine rings is 1. The fraction of sp³-hybridized carbons (Fsp3) is 0.375. The number of aryl methyl sites for hydroxylation is 1. The monoisotopic (exact) mass is 463 g/mol. The van der Waals surface area contributed by atoms with Gasteiger partial charge in [-0.2, -0.15) is 11.8 Å². The molecule has 3 aromatic heterocycles. The van der Waals surface area contributed by atoms with Crippen LogP contribution in [0, 0.1) is 0 Å². The van der Waals surface area contributed by atoms with Crippen LogP contribution < -0.4 is 10.5 Å². The van der Waals surface area contributed by atoms with Crippen molar-refractivity contribution in [3.05, 3.63) is 63.7 Å². The highest BCUT2D eigenvalue weighted by Gasteiger charge is 2.22. The summed E-state index contributed by atoms with van der Waals surface area (Å²) in [5, 5.41) is 3.32. The lowest BCUT2D eigenvalue weighted by Crippen LogP contribution is -2.47. The topological polar surface area (TPSA) is 54.3 Å². The zero-order valence-electron chi connectivity index (χ0n) is 17.9. The van der Waals surface area contributed by atoms with E-state index in [0.29, 0.717) is 6.54 Å². The molecule has 0 radical (unpaired) electrons. The molecule has 1 fully saturated rings. The van der Waals surface area contributed by atoms with Gasteiger partial charge in [-0.3, -0.25) is 14.3 Å². The number of anilines is 1. The van der Waals surface area contributed by atoms with E-state index in [0.717, 1.165) is 66.7 Å². The fourth-order valence-corrected chi connectivity index (χ4v) is 7.11. The first-order chi connectivity index (χ1) is 15.8. The number of benzene rings is 1. The van der Waals surface area contributed by atoms with Gasteiger partial charge in [0.25, 0.3) is 5.56 Å². The maximum Gasteiger partial charge on any atom is 0.262 e. The molecule has 6 rings (SSSR count). The van der Waals surface area contributed by atoms with Crippen LogP contribution in [-0.4, -0.2) is 57.9 Å². The minimum atomic E-state index is 0.137. The molecular formula is C24H25N5OS2. The Morgan fingerprint density at radius 2 is 1.88 bits per heavy atom. The fourth-order valence-electron chi connectivity index (χ4n) is 4.79. The molecule has 0 saturated carbocycles. The number of pyridine rings is 1. The van der Waals surface area contributed by atoms with Crippen molar-refractivity contribution in [2.75, 3.05) is 43.4 Å². The SMILES string of the molecule is O=c1c2c3c(sc2ncn1CCN1CCN(c2nccc4ccccc24)CC1)CSCC3. The molecule has 0 bridgehead atoms. The number of aromatic nitrogens is 3. The van der Waals surface area contributed by atoms with E-state index < -0.39 is 0 Å². The number of hydrogen-bond acceptors (Lipinski definition) is 7. The number of hydrogen-bond donors (Lipinski definition) is 0. The first-order valence-corrected chi connectivity index (χ1v) is 13.1. The van der Waals surface area contributed by atoms with Gasteiger partial charge in [-0.25, -0.2) is 9.97 Å². The van der Waals surface area contributed by atoms with Crippen LogP contribution >= 0.6 is 23.1 Å². The van der Waals surface area contributed by atoms with Gasteiger partial charge in [-0.15, -0.1) is 11.3 Å². The summed E-state index contributed by atoms with van der Waals surface area (Å²) >= 11 is 3.65. The molecule has 32 heavy (non-hydrogen) atoms. The Hall–Kier alpha value is -2.42. The van der Waals surface area contributed by atoms with E-state index in [-0.39, 0.29) is 5.56 Å². The van der Waals surface area contributed by atoms with E-state index in [1.807, 2.05) is 22.5 Å². The lowest BCUT2D eigenvalue weighted by atomic mass is 10.1. The predicted octanol–water partition coefficient (Wildman–Crippen LogP) is 3.62. The van der Waals surface area contributed by atoms with Crippen LogP contribution in [0.4, 0.5) is 5.82 Å². The summed E-state index contributed by atoms with van der Waals surface area (Å²) in [5.41, 5.74) is 1.39. The normalized spacial score (nSPS) is 17.2. The predicted molar refractivity (Wildman–Crippen MR) is 134 cm³/mol. The van der Waals surface area contributed by atoms with Crippen LogP contribution in [0.1, 0.15) is 10.4 Å². The van der Waals surface area contributed by atoms with Crippen molar-refractivity contribution in [2.24, 2.45) is 0 Å². The van der Waals surface area contributed by atoms with E-state index in [4.69, 9.17) is 0 Å². The third-order valence-electron chi connectivity index (χ3n) is 6.57. The Balaban J connectivity index is 1.14. The zero-order chi connectivity index (χ0) is 21.5. The van der Waals surface area contributed by atoms with Gasteiger partial charge in [0.15, 0.2) is 0 Å². The Morgan fingerprint density at radius 1 is 1.00 bits per heavy atom. The average molecular weight is 464 g/mol.